The first-order chi connectivity index (χ1) is 13.2. The topological polar surface area (TPSA) is 60.0 Å². The summed E-state index contributed by atoms with van der Waals surface area (Å²) in [7, 11) is 1.57. The van der Waals surface area contributed by atoms with Gasteiger partial charge in [-0.25, -0.2) is 0 Å². The minimum atomic E-state index is -0.119. The fourth-order valence-electron chi connectivity index (χ4n) is 3.15. The van der Waals surface area contributed by atoms with Crippen molar-refractivity contribution in [3.05, 3.63) is 46.2 Å². The summed E-state index contributed by atoms with van der Waals surface area (Å²) < 4.78 is 16.3. The fourth-order valence-corrected chi connectivity index (χ4v) is 4.02. The van der Waals surface area contributed by atoms with Crippen LogP contribution in [0.5, 0.6) is 11.5 Å². The second-order valence-electron chi connectivity index (χ2n) is 6.19. The molecule has 7 heteroatoms. The highest BCUT2D eigenvalue weighted by Crippen LogP contribution is 2.28. The summed E-state index contributed by atoms with van der Waals surface area (Å²) in [5, 5.41) is 5.15. The molecule has 1 amide bonds. The largest absolute Gasteiger partial charge is 0.493 e. The number of methoxy groups -OCH3 is 1. The van der Waals surface area contributed by atoms with Crippen LogP contribution in [0.3, 0.4) is 0 Å². The van der Waals surface area contributed by atoms with Gasteiger partial charge in [0, 0.05) is 30.1 Å². The summed E-state index contributed by atoms with van der Waals surface area (Å²) in [6, 6.07) is 9.58. The van der Waals surface area contributed by atoms with E-state index in [9.17, 15) is 4.79 Å². The van der Waals surface area contributed by atoms with Gasteiger partial charge in [-0.1, -0.05) is 6.07 Å². The van der Waals surface area contributed by atoms with E-state index < -0.39 is 0 Å². The molecule has 0 aliphatic carbocycles. The maximum Gasteiger partial charge on any atom is 0.251 e. The number of thiophene rings is 1. The van der Waals surface area contributed by atoms with Crippen LogP contribution < -0.4 is 14.8 Å². The molecule has 27 heavy (non-hydrogen) atoms. The van der Waals surface area contributed by atoms with Gasteiger partial charge in [-0.15, -0.1) is 11.3 Å². The molecular formula is C20H26N2O4S. The molecule has 1 N–H and O–H groups in total. The Morgan fingerprint density at radius 1 is 1.30 bits per heavy atom. The third kappa shape index (κ3) is 5.00. The molecule has 0 saturated carbocycles. The van der Waals surface area contributed by atoms with Gasteiger partial charge in [0.15, 0.2) is 11.5 Å². The van der Waals surface area contributed by atoms with Crippen molar-refractivity contribution in [2.24, 2.45) is 0 Å². The number of morpholine rings is 1. The Hall–Kier alpha value is -2.09. The molecule has 1 aliphatic heterocycles. The van der Waals surface area contributed by atoms with Crippen LogP contribution in [-0.2, 0) is 4.74 Å². The lowest BCUT2D eigenvalue weighted by Crippen LogP contribution is -2.43. The minimum Gasteiger partial charge on any atom is -0.493 e. The Morgan fingerprint density at radius 2 is 2.11 bits per heavy atom. The molecule has 1 aliphatic rings. The zero-order valence-corrected chi connectivity index (χ0v) is 16.6. The Kier molecular flexibility index (Phi) is 7.09. The van der Waals surface area contributed by atoms with Gasteiger partial charge in [-0.05, 0) is 36.6 Å². The molecule has 1 aromatic heterocycles. The second kappa shape index (κ2) is 9.73. The van der Waals surface area contributed by atoms with Gasteiger partial charge in [0.2, 0.25) is 0 Å². The average Bonchev–Trinajstić information content (AvgIpc) is 3.24. The number of carbonyl (C=O) groups excluding carboxylic acids is 1. The lowest BCUT2D eigenvalue weighted by atomic mass is 10.1. The summed E-state index contributed by atoms with van der Waals surface area (Å²) in [5.74, 6) is 1.08. The molecule has 2 aromatic rings. The van der Waals surface area contributed by atoms with Gasteiger partial charge >= 0.3 is 0 Å². The first-order valence-electron chi connectivity index (χ1n) is 9.17. The molecule has 1 atom stereocenters. The van der Waals surface area contributed by atoms with Crippen molar-refractivity contribution in [1.29, 1.82) is 0 Å². The number of hydrogen-bond acceptors (Lipinski definition) is 6. The van der Waals surface area contributed by atoms with Crippen LogP contribution in [0.15, 0.2) is 35.7 Å². The average molecular weight is 391 g/mol. The van der Waals surface area contributed by atoms with E-state index in [4.69, 9.17) is 14.2 Å². The van der Waals surface area contributed by atoms with Gasteiger partial charge in [0.1, 0.15) is 0 Å². The number of nitrogens with one attached hydrogen (secondary N) is 1. The van der Waals surface area contributed by atoms with Crippen molar-refractivity contribution in [3.8, 4) is 11.5 Å². The molecule has 3 rings (SSSR count). The van der Waals surface area contributed by atoms with Crippen molar-refractivity contribution in [2.45, 2.75) is 13.0 Å². The van der Waals surface area contributed by atoms with Crippen LogP contribution in [0.4, 0.5) is 0 Å². The Balaban J connectivity index is 1.68. The van der Waals surface area contributed by atoms with Gasteiger partial charge in [-0.3, -0.25) is 9.69 Å². The predicted molar refractivity (Wildman–Crippen MR) is 106 cm³/mol. The first kappa shape index (κ1) is 19.7. The van der Waals surface area contributed by atoms with E-state index in [1.165, 1.54) is 4.88 Å². The Bertz CT molecular complexity index is 730. The standard InChI is InChI=1S/C20H26N2O4S/c1-3-26-17-7-6-15(13-18(17)24-2)20(23)21-14-16(19-5-4-12-27-19)22-8-10-25-11-9-22/h4-7,12-13,16H,3,8-11,14H2,1-2H3,(H,21,23). The molecule has 0 spiro atoms. The summed E-state index contributed by atoms with van der Waals surface area (Å²) in [4.78, 5) is 16.3. The summed E-state index contributed by atoms with van der Waals surface area (Å²) >= 11 is 1.72. The fraction of sp³-hybridized carbons (Fsp3) is 0.450. The summed E-state index contributed by atoms with van der Waals surface area (Å²) in [6.45, 7) is 6.21. The molecule has 146 valence electrons. The number of ether oxygens (including phenoxy) is 3. The van der Waals surface area contributed by atoms with Crippen molar-refractivity contribution >= 4 is 17.2 Å². The van der Waals surface area contributed by atoms with Crippen LogP contribution in [0, 0.1) is 0 Å². The summed E-state index contributed by atoms with van der Waals surface area (Å²) in [5.41, 5.74) is 0.558. The van der Waals surface area contributed by atoms with Crippen molar-refractivity contribution in [2.75, 3.05) is 46.6 Å². The summed E-state index contributed by atoms with van der Waals surface area (Å²) in [6.07, 6.45) is 0. The highest BCUT2D eigenvalue weighted by atomic mass is 32.1. The van der Waals surface area contributed by atoms with E-state index in [0.29, 0.717) is 30.2 Å². The highest BCUT2D eigenvalue weighted by molar-refractivity contribution is 7.10. The van der Waals surface area contributed by atoms with Crippen molar-refractivity contribution in [1.82, 2.24) is 10.2 Å². The van der Waals surface area contributed by atoms with Crippen LogP contribution in [0.2, 0.25) is 0 Å². The zero-order chi connectivity index (χ0) is 19.1. The van der Waals surface area contributed by atoms with E-state index in [1.54, 1.807) is 36.6 Å². The number of rotatable bonds is 8. The van der Waals surface area contributed by atoms with Crippen LogP contribution in [-0.4, -0.2) is 57.4 Å². The SMILES string of the molecule is CCOc1ccc(C(=O)NCC(c2cccs2)N2CCOCC2)cc1OC. The second-order valence-corrected chi connectivity index (χ2v) is 7.17. The maximum absolute atomic E-state index is 12.7. The maximum atomic E-state index is 12.7. The van der Waals surface area contributed by atoms with E-state index in [2.05, 4.69) is 21.7 Å². The highest BCUT2D eigenvalue weighted by Gasteiger charge is 2.24. The zero-order valence-electron chi connectivity index (χ0n) is 15.8. The molecule has 1 unspecified atom stereocenters. The van der Waals surface area contributed by atoms with E-state index in [0.717, 1.165) is 26.3 Å². The van der Waals surface area contributed by atoms with Crippen LogP contribution in [0.1, 0.15) is 28.2 Å². The Labute approximate surface area is 164 Å². The van der Waals surface area contributed by atoms with Crippen molar-refractivity contribution in [3.63, 3.8) is 0 Å². The molecule has 1 saturated heterocycles. The van der Waals surface area contributed by atoms with Gasteiger partial charge in [-0.2, -0.15) is 0 Å². The Morgan fingerprint density at radius 3 is 2.78 bits per heavy atom. The van der Waals surface area contributed by atoms with Crippen LogP contribution >= 0.6 is 11.3 Å². The molecule has 0 radical (unpaired) electrons. The monoisotopic (exact) mass is 390 g/mol. The quantitative estimate of drug-likeness (QED) is 0.751. The third-order valence-corrected chi connectivity index (χ3v) is 5.51. The minimum absolute atomic E-state index is 0.119. The van der Waals surface area contributed by atoms with E-state index in [-0.39, 0.29) is 11.9 Å². The van der Waals surface area contributed by atoms with Gasteiger partial charge < -0.3 is 19.5 Å². The van der Waals surface area contributed by atoms with E-state index >= 15 is 0 Å². The normalized spacial score (nSPS) is 15.9. The molecule has 0 bridgehead atoms. The molecule has 6 nitrogen and oxygen atoms in total. The first-order valence-corrected chi connectivity index (χ1v) is 10.0. The molecule has 2 heterocycles. The number of carbonyl (C=O) groups is 1. The lowest BCUT2D eigenvalue weighted by molar-refractivity contribution is 0.0169. The van der Waals surface area contributed by atoms with Gasteiger partial charge in [0.25, 0.3) is 5.91 Å². The van der Waals surface area contributed by atoms with Gasteiger partial charge in [0.05, 0.1) is 33.0 Å². The smallest absolute Gasteiger partial charge is 0.251 e. The molecular weight excluding hydrogens is 364 g/mol. The molecule has 1 aromatic carbocycles. The lowest BCUT2D eigenvalue weighted by Gasteiger charge is -2.34. The number of amides is 1. The van der Waals surface area contributed by atoms with E-state index in [1.807, 2.05) is 13.0 Å². The third-order valence-electron chi connectivity index (χ3n) is 4.54. The predicted octanol–water partition coefficient (Wildman–Crippen LogP) is 2.96. The number of hydrogen-bond donors (Lipinski definition) is 1. The molecule has 1 fully saturated rings. The number of benzene rings is 1. The van der Waals surface area contributed by atoms with Crippen LogP contribution in [0.25, 0.3) is 0 Å². The number of nitrogens with zero attached hydrogens (tertiary/aromatic N) is 1. The van der Waals surface area contributed by atoms with Crippen molar-refractivity contribution < 1.29 is 19.0 Å².